The Morgan fingerprint density at radius 2 is 2.36 bits per heavy atom. The molecule has 0 aliphatic rings. The molecule has 1 atom stereocenters. The number of nitrogens with two attached hydrogens (primary N) is 1. The third kappa shape index (κ3) is 2.56. The van der Waals surface area contributed by atoms with Crippen molar-refractivity contribution in [3.8, 4) is 5.88 Å². The van der Waals surface area contributed by atoms with Gasteiger partial charge in [-0.15, -0.1) is 0 Å². The van der Waals surface area contributed by atoms with Crippen LogP contribution in [-0.2, 0) is 0 Å². The summed E-state index contributed by atoms with van der Waals surface area (Å²) in [4.78, 5) is 3.86. The van der Waals surface area contributed by atoms with E-state index in [0.29, 0.717) is 5.56 Å². The van der Waals surface area contributed by atoms with Crippen molar-refractivity contribution in [1.29, 1.82) is 0 Å². The first-order valence-electron chi connectivity index (χ1n) is 4.23. The van der Waals surface area contributed by atoms with E-state index in [1.165, 1.54) is 13.2 Å². The molecule has 0 saturated heterocycles. The summed E-state index contributed by atoms with van der Waals surface area (Å²) in [6.07, 6.45) is -0.903. The zero-order chi connectivity index (χ0) is 10.6. The zero-order valence-electron chi connectivity index (χ0n) is 7.84. The molecule has 0 aliphatic carbocycles. The lowest BCUT2D eigenvalue weighted by Gasteiger charge is -2.10. The van der Waals surface area contributed by atoms with E-state index in [2.05, 4.69) is 4.98 Å². The summed E-state index contributed by atoms with van der Waals surface area (Å²) in [6, 6.07) is 3.09. The molecule has 2 N–H and O–H groups in total. The van der Waals surface area contributed by atoms with Crippen molar-refractivity contribution in [2.24, 2.45) is 5.73 Å². The van der Waals surface area contributed by atoms with Crippen LogP contribution in [0.25, 0.3) is 0 Å². The highest BCUT2D eigenvalue weighted by atomic mass is 35.5. The predicted octanol–water partition coefficient (Wildman–Crippen LogP) is 2.10. The summed E-state index contributed by atoms with van der Waals surface area (Å²) in [7, 11) is 1.43. The quantitative estimate of drug-likeness (QED) is 0.788. The van der Waals surface area contributed by atoms with Crippen LogP contribution in [0.15, 0.2) is 12.1 Å². The molecule has 0 amide bonds. The van der Waals surface area contributed by atoms with Crippen molar-refractivity contribution in [2.75, 3.05) is 13.7 Å². The molecule has 0 bridgehead atoms. The monoisotopic (exact) mass is 218 g/mol. The Kier molecular flexibility index (Phi) is 4.10. The van der Waals surface area contributed by atoms with Crippen LogP contribution in [0.4, 0.5) is 4.39 Å². The van der Waals surface area contributed by atoms with Gasteiger partial charge in [-0.3, -0.25) is 0 Å². The Morgan fingerprint density at radius 1 is 1.64 bits per heavy atom. The van der Waals surface area contributed by atoms with Crippen LogP contribution >= 0.6 is 11.6 Å². The maximum Gasteiger partial charge on any atom is 0.220 e. The van der Waals surface area contributed by atoms with E-state index in [4.69, 9.17) is 22.1 Å². The van der Waals surface area contributed by atoms with Gasteiger partial charge in [-0.05, 0) is 25.1 Å². The van der Waals surface area contributed by atoms with E-state index in [-0.39, 0.29) is 24.0 Å². The van der Waals surface area contributed by atoms with Crippen LogP contribution in [0.2, 0.25) is 5.15 Å². The lowest BCUT2D eigenvalue weighted by atomic mass is 10.1. The van der Waals surface area contributed by atoms with E-state index in [1.54, 1.807) is 6.07 Å². The smallest absolute Gasteiger partial charge is 0.220 e. The fraction of sp³-hybridized carbons (Fsp3) is 0.444. The fourth-order valence-corrected chi connectivity index (χ4v) is 1.27. The van der Waals surface area contributed by atoms with Crippen molar-refractivity contribution >= 4 is 11.6 Å². The number of aromatic nitrogens is 1. The molecule has 0 aliphatic heterocycles. The van der Waals surface area contributed by atoms with E-state index in [9.17, 15) is 4.39 Å². The lowest BCUT2D eigenvalue weighted by molar-refractivity contribution is 0.306. The Bertz CT molecular complexity index is 309. The molecule has 3 nitrogen and oxygen atoms in total. The number of pyridine rings is 1. The number of methoxy groups -OCH3 is 1. The van der Waals surface area contributed by atoms with Gasteiger partial charge in [0.15, 0.2) is 0 Å². The van der Waals surface area contributed by atoms with Crippen molar-refractivity contribution in [3.63, 3.8) is 0 Å². The van der Waals surface area contributed by atoms with E-state index < -0.39 is 6.17 Å². The number of alkyl halides is 1. The van der Waals surface area contributed by atoms with E-state index in [0.717, 1.165) is 0 Å². The van der Waals surface area contributed by atoms with Crippen LogP contribution in [-0.4, -0.2) is 18.6 Å². The van der Waals surface area contributed by atoms with Gasteiger partial charge in [-0.1, -0.05) is 11.6 Å². The molecule has 0 radical (unpaired) electrons. The third-order valence-electron chi connectivity index (χ3n) is 1.81. The molecular formula is C9H12ClFN2O. The van der Waals surface area contributed by atoms with Gasteiger partial charge in [0.05, 0.1) is 7.11 Å². The Balaban J connectivity index is 2.95. The Hall–Kier alpha value is -0.870. The lowest BCUT2D eigenvalue weighted by Crippen LogP contribution is -2.05. The zero-order valence-corrected chi connectivity index (χ0v) is 8.59. The molecule has 1 aromatic rings. The summed E-state index contributed by atoms with van der Waals surface area (Å²) in [5.41, 5.74) is 5.65. The molecular weight excluding hydrogens is 207 g/mol. The average Bonchev–Trinajstić information content (AvgIpc) is 2.17. The minimum Gasteiger partial charge on any atom is -0.481 e. The van der Waals surface area contributed by atoms with Gasteiger partial charge in [0.2, 0.25) is 5.88 Å². The summed E-state index contributed by atoms with van der Waals surface area (Å²) < 4.78 is 18.4. The van der Waals surface area contributed by atoms with Crippen molar-refractivity contribution in [2.45, 2.75) is 12.6 Å². The summed E-state index contributed by atoms with van der Waals surface area (Å²) in [5, 5.41) is 0.283. The highest BCUT2D eigenvalue weighted by Gasteiger charge is 2.15. The average molecular weight is 219 g/mol. The van der Waals surface area contributed by atoms with Gasteiger partial charge in [0, 0.05) is 5.56 Å². The van der Waals surface area contributed by atoms with Gasteiger partial charge >= 0.3 is 0 Å². The maximum atomic E-state index is 13.5. The van der Waals surface area contributed by atoms with Crippen LogP contribution in [0.5, 0.6) is 5.88 Å². The largest absolute Gasteiger partial charge is 0.481 e. The molecule has 1 unspecified atom stereocenters. The normalized spacial score (nSPS) is 12.6. The van der Waals surface area contributed by atoms with Crippen molar-refractivity contribution < 1.29 is 9.13 Å². The molecule has 14 heavy (non-hydrogen) atoms. The topological polar surface area (TPSA) is 48.1 Å². The molecule has 0 aromatic carbocycles. The first kappa shape index (κ1) is 11.2. The van der Waals surface area contributed by atoms with Gasteiger partial charge in [0.25, 0.3) is 0 Å². The molecule has 0 spiro atoms. The molecule has 5 heteroatoms. The summed E-state index contributed by atoms with van der Waals surface area (Å²) >= 11 is 5.64. The molecule has 1 aromatic heterocycles. The van der Waals surface area contributed by atoms with Gasteiger partial charge in [-0.2, -0.15) is 0 Å². The SMILES string of the molecule is COc1nc(Cl)ccc1C(F)CCN. The van der Waals surface area contributed by atoms with Gasteiger partial charge < -0.3 is 10.5 Å². The molecule has 0 saturated carbocycles. The van der Waals surface area contributed by atoms with E-state index in [1.807, 2.05) is 0 Å². The number of halogens is 2. The predicted molar refractivity (Wildman–Crippen MR) is 53.3 cm³/mol. The van der Waals surface area contributed by atoms with Crippen molar-refractivity contribution in [1.82, 2.24) is 4.98 Å². The Morgan fingerprint density at radius 3 is 2.93 bits per heavy atom. The summed E-state index contributed by atoms with van der Waals surface area (Å²) in [5.74, 6) is 0.221. The maximum absolute atomic E-state index is 13.5. The first-order valence-corrected chi connectivity index (χ1v) is 4.61. The number of nitrogens with zero attached hydrogens (tertiary/aromatic N) is 1. The minimum absolute atomic E-state index is 0.221. The first-order chi connectivity index (χ1) is 6.69. The molecule has 0 fully saturated rings. The minimum atomic E-state index is -1.15. The van der Waals surface area contributed by atoms with Gasteiger partial charge in [0.1, 0.15) is 11.3 Å². The fourth-order valence-electron chi connectivity index (χ4n) is 1.13. The second kappa shape index (κ2) is 5.12. The number of hydrogen-bond donors (Lipinski definition) is 1. The number of rotatable bonds is 4. The highest BCUT2D eigenvalue weighted by molar-refractivity contribution is 6.29. The van der Waals surface area contributed by atoms with E-state index >= 15 is 0 Å². The second-order valence-corrected chi connectivity index (χ2v) is 3.16. The molecule has 1 rings (SSSR count). The standard InChI is InChI=1S/C9H12ClFN2O/c1-14-9-6(7(11)4-5-12)2-3-8(10)13-9/h2-3,7H,4-5,12H2,1H3. The van der Waals surface area contributed by atoms with Crippen LogP contribution in [0.1, 0.15) is 18.2 Å². The molecule has 1 heterocycles. The summed E-state index contributed by atoms with van der Waals surface area (Å²) in [6.45, 7) is 0.285. The highest BCUT2D eigenvalue weighted by Crippen LogP contribution is 2.29. The van der Waals surface area contributed by atoms with Crippen LogP contribution in [0, 0.1) is 0 Å². The second-order valence-electron chi connectivity index (χ2n) is 2.78. The van der Waals surface area contributed by atoms with Crippen molar-refractivity contribution in [3.05, 3.63) is 22.8 Å². The number of hydrogen-bond acceptors (Lipinski definition) is 3. The van der Waals surface area contributed by atoms with Crippen LogP contribution in [0.3, 0.4) is 0 Å². The number of ether oxygens (including phenoxy) is 1. The molecule has 78 valence electrons. The Labute approximate surface area is 87.0 Å². The third-order valence-corrected chi connectivity index (χ3v) is 2.02. The van der Waals surface area contributed by atoms with Gasteiger partial charge in [-0.25, -0.2) is 9.37 Å². The van der Waals surface area contributed by atoms with Crippen LogP contribution < -0.4 is 10.5 Å².